The number of benzene rings is 4. The number of hydrogen-bond donors (Lipinski definition) is 3. The first-order valence-corrected chi connectivity index (χ1v) is 31.3. The van der Waals surface area contributed by atoms with Gasteiger partial charge >= 0.3 is 5.51 Å². The molecule has 3 aliphatic heterocycles. The molecule has 5 aromatic rings. The van der Waals surface area contributed by atoms with Crippen molar-refractivity contribution in [3.05, 3.63) is 148 Å². The van der Waals surface area contributed by atoms with Crippen LogP contribution in [0.4, 0.5) is 28.9 Å². The number of nitrogens with zero attached hydrogens (tertiary/aromatic N) is 5. The van der Waals surface area contributed by atoms with E-state index in [9.17, 15) is 48.8 Å². The standard InChI is InChI=1S/C58H65ClF4N8O7S3/c1-57(2)24-22-48(39-8-13-43(59)14-9-39)42(35-57)37-70-30-32-71(33-31-70)45-15-10-40(11-16-45)55(73)67-81(77,78)47-17-19-50(51(34-47)80(75,76)58(61,62)63)64-44(38-79-46-6-4-3-5-7-46)23-25-68-26-28-69(29-27-68)36-41-12-20-52(60)65-54(41)49-18-21-53(72)66-56(49)74/h3-17,19-20,34,44,49,64H,18,21-33,35-38H2,1-2H3,(H,67,73)(H,66,72,74)/t44-,49?/m1/s1. The second-order valence-corrected chi connectivity index (χ2v) is 27.0. The van der Waals surface area contributed by atoms with Gasteiger partial charge in [-0.1, -0.05) is 67.4 Å². The predicted molar refractivity (Wildman–Crippen MR) is 306 cm³/mol. The Kier molecular flexibility index (Phi) is 18.7. The van der Waals surface area contributed by atoms with Gasteiger partial charge in [-0.2, -0.15) is 17.6 Å². The van der Waals surface area contributed by atoms with Crippen LogP contribution in [0.25, 0.3) is 5.57 Å². The summed E-state index contributed by atoms with van der Waals surface area (Å²) in [6, 6.07) is 28.2. The zero-order valence-corrected chi connectivity index (χ0v) is 48.2. The topological polar surface area (TPSA) is 181 Å². The van der Waals surface area contributed by atoms with E-state index >= 15 is 0 Å². The maximum absolute atomic E-state index is 14.5. The van der Waals surface area contributed by atoms with Crippen LogP contribution in [-0.4, -0.2) is 137 Å². The molecule has 0 saturated carbocycles. The van der Waals surface area contributed by atoms with E-state index in [-0.39, 0.29) is 35.3 Å². The fraction of sp³-hybridized carbons (Fsp3) is 0.414. The number of hydrogen-bond acceptors (Lipinski definition) is 14. The largest absolute Gasteiger partial charge is 0.501 e. The fourth-order valence-corrected chi connectivity index (χ4v) is 14.1. The third-order valence-corrected chi connectivity index (χ3v) is 19.8. The number of rotatable bonds is 19. The number of piperidine rings is 1. The van der Waals surface area contributed by atoms with Gasteiger partial charge in [-0.3, -0.25) is 29.5 Å². The van der Waals surface area contributed by atoms with Gasteiger partial charge in [0, 0.05) is 111 Å². The quantitative estimate of drug-likeness (QED) is 0.0308. The van der Waals surface area contributed by atoms with E-state index < -0.39 is 76.5 Å². The van der Waals surface area contributed by atoms with E-state index in [2.05, 4.69) is 61.2 Å². The van der Waals surface area contributed by atoms with Crippen LogP contribution in [0.2, 0.25) is 5.02 Å². The summed E-state index contributed by atoms with van der Waals surface area (Å²) in [4.78, 5) is 49.7. The lowest BCUT2D eigenvalue weighted by atomic mass is 9.73. The van der Waals surface area contributed by atoms with E-state index in [1.807, 2.05) is 47.2 Å². The van der Waals surface area contributed by atoms with Crippen LogP contribution in [0.15, 0.2) is 129 Å². The third kappa shape index (κ3) is 15.0. The van der Waals surface area contributed by atoms with Gasteiger partial charge in [0.05, 0.1) is 22.2 Å². The lowest BCUT2D eigenvalue weighted by molar-refractivity contribution is -0.134. The molecule has 0 spiro atoms. The number of anilines is 2. The fourth-order valence-electron chi connectivity index (χ4n) is 10.9. The van der Waals surface area contributed by atoms with Crippen molar-refractivity contribution in [3.63, 3.8) is 0 Å². The number of imide groups is 1. The van der Waals surface area contributed by atoms with Crippen molar-refractivity contribution in [1.82, 2.24) is 29.7 Å². The van der Waals surface area contributed by atoms with Gasteiger partial charge < -0.3 is 15.1 Å². The highest BCUT2D eigenvalue weighted by molar-refractivity contribution is 7.99. The Labute approximate surface area is 479 Å². The molecule has 1 unspecified atom stereocenters. The van der Waals surface area contributed by atoms with Gasteiger partial charge in [0.2, 0.25) is 17.8 Å². The van der Waals surface area contributed by atoms with E-state index in [0.29, 0.717) is 75.4 Å². The molecule has 2 atom stereocenters. The summed E-state index contributed by atoms with van der Waals surface area (Å²) in [5.41, 5.74) is -0.326. The molecule has 4 heterocycles. The lowest BCUT2D eigenvalue weighted by Gasteiger charge is -2.39. The maximum Gasteiger partial charge on any atom is 0.501 e. The van der Waals surface area contributed by atoms with E-state index in [1.165, 1.54) is 46.7 Å². The van der Waals surface area contributed by atoms with Gasteiger partial charge in [-0.15, -0.1) is 11.8 Å². The molecule has 4 aromatic carbocycles. The van der Waals surface area contributed by atoms with Crippen LogP contribution in [-0.2, 0) is 36.0 Å². The van der Waals surface area contributed by atoms with E-state index in [0.717, 1.165) is 61.6 Å². The average Bonchev–Trinajstić information content (AvgIpc) is 3.62. The SMILES string of the molecule is CC1(C)CCC(c2ccc(Cl)cc2)=C(CN2CCN(c3ccc(C(=O)NS(=O)(=O)c4ccc(N[C@H](CCN5CCN(Cc6ccc(F)nc6C6CCC(=O)NC6=O)CC5)CSc5ccccc5)c(S(=O)(=O)C(F)(F)F)c4)cc3)CC2)C1. The van der Waals surface area contributed by atoms with Crippen molar-refractivity contribution in [2.75, 3.05) is 81.4 Å². The van der Waals surface area contributed by atoms with Gasteiger partial charge in [-0.25, -0.2) is 26.5 Å². The molecule has 15 nitrogen and oxygen atoms in total. The summed E-state index contributed by atoms with van der Waals surface area (Å²) in [6.45, 7) is 11.6. The van der Waals surface area contributed by atoms with Crippen LogP contribution in [0.1, 0.15) is 85.5 Å². The summed E-state index contributed by atoms with van der Waals surface area (Å²) in [5, 5.41) is 6.02. The summed E-state index contributed by atoms with van der Waals surface area (Å²) in [6.07, 6.45) is 3.76. The summed E-state index contributed by atoms with van der Waals surface area (Å²) in [7, 11) is -11.1. The number of carbonyl (C=O) groups is 3. The molecule has 3 fully saturated rings. The van der Waals surface area contributed by atoms with Crippen molar-refractivity contribution in [3.8, 4) is 0 Å². The number of allylic oxidation sites excluding steroid dienone is 1. The maximum atomic E-state index is 14.5. The van der Waals surface area contributed by atoms with Gasteiger partial charge in [-0.05, 0) is 127 Å². The molecule has 23 heteroatoms. The van der Waals surface area contributed by atoms with Crippen LogP contribution in [0.5, 0.6) is 0 Å². The Morgan fingerprint density at radius 1 is 0.827 bits per heavy atom. The van der Waals surface area contributed by atoms with Gasteiger partial charge in [0.1, 0.15) is 4.90 Å². The molecular formula is C58H65ClF4N8O7S3. The Balaban J connectivity index is 0.842. The van der Waals surface area contributed by atoms with Crippen molar-refractivity contribution in [2.24, 2.45) is 5.41 Å². The van der Waals surface area contributed by atoms with E-state index in [1.54, 1.807) is 18.2 Å². The molecule has 3 amide bonds. The number of piperazine rings is 2. The Morgan fingerprint density at radius 3 is 2.17 bits per heavy atom. The zero-order valence-electron chi connectivity index (χ0n) is 45.0. The number of aromatic nitrogens is 1. The zero-order chi connectivity index (χ0) is 57.7. The number of sulfone groups is 1. The number of halogens is 5. The van der Waals surface area contributed by atoms with Crippen LogP contribution in [0.3, 0.4) is 0 Å². The van der Waals surface area contributed by atoms with Crippen LogP contribution in [0, 0.1) is 11.4 Å². The van der Waals surface area contributed by atoms with Gasteiger partial charge in [0.25, 0.3) is 25.8 Å². The normalized spacial score (nSPS) is 19.3. The second-order valence-electron chi connectivity index (χ2n) is 21.8. The first-order valence-electron chi connectivity index (χ1n) is 27.0. The van der Waals surface area contributed by atoms with Crippen molar-refractivity contribution in [2.45, 2.75) is 91.1 Å². The molecule has 9 rings (SSSR count). The summed E-state index contributed by atoms with van der Waals surface area (Å²) in [5.74, 6) is -3.19. The van der Waals surface area contributed by atoms with E-state index in [4.69, 9.17) is 11.6 Å². The number of pyridine rings is 1. The Hall–Kier alpha value is -5.88. The van der Waals surface area contributed by atoms with Gasteiger partial charge in [0.15, 0.2) is 0 Å². The summed E-state index contributed by atoms with van der Waals surface area (Å²) < 4.78 is 114. The highest BCUT2D eigenvalue weighted by Crippen LogP contribution is 2.43. The number of carbonyl (C=O) groups excluding carboxylic acids is 3. The van der Waals surface area contributed by atoms with Crippen molar-refractivity contribution in [1.29, 1.82) is 0 Å². The summed E-state index contributed by atoms with van der Waals surface area (Å²) >= 11 is 7.61. The molecule has 4 aliphatic rings. The first-order chi connectivity index (χ1) is 38.5. The molecule has 3 saturated heterocycles. The van der Waals surface area contributed by atoms with Crippen molar-refractivity contribution >= 4 is 77.9 Å². The molecular weight excluding hydrogens is 1130 g/mol. The molecule has 81 heavy (non-hydrogen) atoms. The smallest absolute Gasteiger partial charge is 0.380 e. The molecule has 1 aliphatic carbocycles. The number of sulfonamides is 1. The highest BCUT2D eigenvalue weighted by atomic mass is 35.5. The number of thioether (sulfide) groups is 1. The minimum absolute atomic E-state index is 0.0340. The monoisotopic (exact) mass is 1190 g/mol. The van der Waals surface area contributed by atoms with Crippen LogP contribution >= 0.6 is 23.4 Å². The number of nitrogens with one attached hydrogen (secondary N) is 3. The Morgan fingerprint density at radius 2 is 1.49 bits per heavy atom. The predicted octanol–water partition coefficient (Wildman–Crippen LogP) is 9.37. The molecule has 1 aromatic heterocycles. The van der Waals surface area contributed by atoms with Crippen molar-refractivity contribution < 1.29 is 48.8 Å². The van der Waals surface area contributed by atoms with Crippen LogP contribution < -0.4 is 20.3 Å². The number of amides is 3. The highest BCUT2D eigenvalue weighted by Gasteiger charge is 2.49. The molecule has 0 radical (unpaired) electrons. The molecule has 432 valence electrons. The third-order valence-electron chi connectivity index (χ3n) is 15.5. The first kappa shape index (κ1) is 59.7. The minimum Gasteiger partial charge on any atom is -0.380 e. The molecule has 0 bridgehead atoms. The minimum atomic E-state index is -6.15. The Bertz CT molecular complexity index is 3360. The molecule has 3 N–H and O–H groups in total. The number of alkyl halides is 3. The second kappa shape index (κ2) is 25.3. The average molecular weight is 1190 g/mol. The lowest BCUT2D eigenvalue weighted by Crippen LogP contribution is -2.47.